The number of pyridine rings is 1. The summed E-state index contributed by atoms with van der Waals surface area (Å²) in [6, 6.07) is 4.07. The molecule has 2 N–H and O–H groups in total. The average molecular weight is 234 g/mol. The van der Waals surface area contributed by atoms with Crippen LogP contribution in [-0.2, 0) is 11.2 Å². The number of nitrogens with two attached hydrogens (primary N) is 1. The first kappa shape index (κ1) is 12.5. The lowest BCUT2D eigenvalue weighted by molar-refractivity contribution is -0.0343. The number of hydrogen-bond acceptors (Lipinski definition) is 3. The molecule has 1 aromatic rings. The highest BCUT2D eigenvalue weighted by Gasteiger charge is 2.36. The van der Waals surface area contributed by atoms with E-state index >= 15 is 0 Å². The van der Waals surface area contributed by atoms with Crippen LogP contribution in [0.1, 0.15) is 31.7 Å². The van der Waals surface area contributed by atoms with Gasteiger partial charge in [0.1, 0.15) is 0 Å². The van der Waals surface area contributed by atoms with Gasteiger partial charge in [-0.05, 0) is 49.3 Å². The van der Waals surface area contributed by atoms with Gasteiger partial charge in [0, 0.05) is 18.9 Å². The highest BCUT2D eigenvalue weighted by molar-refractivity contribution is 5.09. The number of hydrogen-bond donors (Lipinski definition) is 1. The van der Waals surface area contributed by atoms with E-state index in [2.05, 4.69) is 11.9 Å². The third-order valence-electron chi connectivity index (χ3n) is 3.73. The molecule has 2 atom stereocenters. The van der Waals surface area contributed by atoms with Crippen LogP contribution in [0.25, 0.3) is 0 Å². The molecule has 2 unspecified atom stereocenters. The van der Waals surface area contributed by atoms with Crippen molar-refractivity contribution in [1.29, 1.82) is 0 Å². The molecule has 1 aromatic heterocycles. The smallest absolute Gasteiger partial charge is 0.0806 e. The van der Waals surface area contributed by atoms with Crippen LogP contribution in [0.2, 0.25) is 0 Å². The molecule has 17 heavy (non-hydrogen) atoms. The Labute approximate surface area is 103 Å². The van der Waals surface area contributed by atoms with E-state index in [1.165, 1.54) is 12.0 Å². The zero-order valence-electron chi connectivity index (χ0n) is 10.6. The number of nitrogens with zero attached hydrogens (tertiary/aromatic N) is 1. The predicted molar refractivity (Wildman–Crippen MR) is 68.7 cm³/mol. The fourth-order valence-corrected chi connectivity index (χ4v) is 2.66. The van der Waals surface area contributed by atoms with Gasteiger partial charge in [0.25, 0.3) is 0 Å². The van der Waals surface area contributed by atoms with E-state index in [1.54, 1.807) is 0 Å². The number of aromatic nitrogens is 1. The van der Waals surface area contributed by atoms with E-state index < -0.39 is 0 Å². The molecule has 1 aliphatic carbocycles. The van der Waals surface area contributed by atoms with Crippen molar-refractivity contribution in [3.8, 4) is 0 Å². The molecule has 0 saturated heterocycles. The Morgan fingerprint density at radius 2 is 2.24 bits per heavy atom. The molecule has 1 aliphatic rings. The van der Waals surface area contributed by atoms with E-state index in [0.29, 0.717) is 6.54 Å². The summed E-state index contributed by atoms with van der Waals surface area (Å²) in [6.45, 7) is 3.69. The molecule has 0 aromatic carbocycles. The van der Waals surface area contributed by atoms with Crippen LogP contribution in [0.3, 0.4) is 0 Å². The molecule has 2 rings (SSSR count). The summed E-state index contributed by atoms with van der Waals surface area (Å²) in [5, 5.41) is 0. The second kappa shape index (κ2) is 5.61. The Balaban J connectivity index is 1.81. The van der Waals surface area contributed by atoms with Gasteiger partial charge in [-0.15, -0.1) is 0 Å². The lowest BCUT2D eigenvalue weighted by Crippen LogP contribution is -2.38. The highest BCUT2D eigenvalue weighted by Crippen LogP contribution is 2.36. The van der Waals surface area contributed by atoms with Crippen molar-refractivity contribution in [2.45, 2.75) is 38.2 Å². The lowest BCUT2D eigenvalue weighted by Gasteiger charge is -2.28. The monoisotopic (exact) mass is 234 g/mol. The molecular weight excluding hydrogens is 212 g/mol. The molecule has 3 heteroatoms. The van der Waals surface area contributed by atoms with Gasteiger partial charge in [0.05, 0.1) is 12.2 Å². The third kappa shape index (κ3) is 3.27. The minimum absolute atomic E-state index is 0.0492. The van der Waals surface area contributed by atoms with Gasteiger partial charge in [-0.25, -0.2) is 0 Å². The van der Waals surface area contributed by atoms with Crippen molar-refractivity contribution in [2.24, 2.45) is 11.7 Å². The maximum Gasteiger partial charge on any atom is 0.0806 e. The summed E-state index contributed by atoms with van der Waals surface area (Å²) in [5.41, 5.74) is 7.10. The van der Waals surface area contributed by atoms with Crippen molar-refractivity contribution >= 4 is 0 Å². The Hall–Kier alpha value is -0.930. The van der Waals surface area contributed by atoms with Crippen molar-refractivity contribution in [1.82, 2.24) is 4.98 Å². The first-order chi connectivity index (χ1) is 8.24. The molecule has 94 valence electrons. The molecule has 0 bridgehead atoms. The summed E-state index contributed by atoms with van der Waals surface area (Å²) < 4.78 is 6.07. The number of ether oxygens (including phenoxy) is 1. The first-order valence-electron chi connectivity index (χ1n) is 6.47. The average Bonchev–Trinajstić information content (AvgIpc) is 2.73. The second-order valence-electron chi connectivity index (χ2n) is 5.19. The fourth-order valence-electron chi connectivity index (χ4n) is 2.66. The maximum absolute atomic E-state index is 6.07. The van der Waals surface area contributed by atoms with E-state index in [4.69, 9.17) is 10.5 Å². The van der Waals surface area contributed by atoms with E-state index in [-0.39, 0.29) is 5.60 Å². The van der Waals surface area contributed by atoms with Crippen molar-refractivity contribution in [3.05, 3.63) is 30.1 Å². The maximum atomic E-state index is 6.07. The van der Waals surface area contributed by atoms with Crippen LogP contribution < -0.4 is 5.73 Å². The topological polar surface area (TPSA) is 48.1 Å². The largest absolute Gasteiger partial charge is 0.373 e. The minimum Gasteiger partial charge on any atom is -0.373 e. The highest BCUT2D eigenvalue weighted by atomic mass is 16.5. The Morgan fingerprint density at radius 3 is 2.82 bits per heavy atom. The van der Waals surface area contributed by atoms with E-state index in [1.807, 2.05) is 24.5 Å². The summed E-state index contributed by atoms with van der Waals surface area (Å²) >= 11 is 0. The molecule has 0 spiro atoms. The molecular formula is C14H22N2O. The van der Waals surface area contributed by atoms with Crippen LogP contribution >= 0.6 is 0 Å². The van der Waals surface area contributed by atoms with Crippen molar-refractivity contribution < 1.29 is 4.74 Å². The standard InChI is InChI=1S/C14H22N2O/c1-12-2-6-14(10-12,11-15)17-9-5-13-3-7-16-8-4-13/h3-4,7-8,12H,2,5-6,9-11,15H2,1H3. The van der Waals surface area contributed by atoms with Gasteiger partial charge in [-0.2, -0.15) is 0 Å². The van der Waals surface area contributed by atoms with Crippen LogP contribution in [0.5, 0.6) is 0 Å². The van der Waals surface area contributed by atoms with Gasteiger partial charge >= 0.3 is 0 Å². The molecule has 0 aliphatic heterocycles. The number of rotatable bonds is 5. The van der Waals surface area contributed by atoms with Gasteiger partial charge in [0.15, 0.2) is 0 Å². The van der Waals surface area contributed by atoms with Crippen LogP contribution in [0.4, 0.5) is 0 Å². The second-order valence-corrected chi connectivity index (χ2v) is 5.19. The summed E-state index contributed by atoms with van der Waals surface area (Å²) in [7, 11) is 0. The van der Waals surface area contributed by atoms with Crippen LogP contribution in [0, 0.1) is 5.92 Å². The van der Waals surface area contributed by atoms with Crippen LogP contribution in [-0.4, -0.2) is 23.7 Å². The molecule has 0 radical (unpaired) electrons. The van der Waals surface area contributed by atoms with E-state index in [9.17, 15) is 0 Å². The molecule has 3 nitrogen and oxygen atoms in total. The Morgan fingerprint density at radius 1 is 1.47 bits per heavy atom. The normalized spacial score (nSPS) is 28.5. The summed E-state index contributed by atoms with van der Waals surface area (Å²) in [5.74, 6) is 0.750. The SMILES string of the molecule is CC1CCC(CN)(OCCc2ccncc2)C1. The molecule has 0 amide bonds. The Kier molecular flexibility index (Phi) is 4.13. The van der Waals surface area contributed by atoms with E-state index in [0.717, 1.165) is 31.8 Å². The summed E-state index contributed by atoms with van der Waals surface area (Å²) in [4.78, 5) is 4.01. The van der Waals surface area contributed by atoms with Crippen LogP contribution in [0.15, 0.2) is 24.5 Å². The zero-order chi connectivity index (χ0) is 12.1. The van der Waals surface area contributed by atoms with Gasteiger partial charge in [-0.3, -0.25) is 4.98 Å². The fraction of sp³-hybridized carbons (Fsp3) is 0.643. The molecule has 1 fully saturated rings. The van der Waals surface area contributed by atoms with Gasteiger partial charge in [0.2, 0.25) is 0 Å². The van der Waals surface area contributed by atoms with Gasteiger partial charge in [-0.1, -0.05) is 6.92 Å². The van der Waals surface area contributed by atoms with Crippen molar-refractivity contribution in [3.63, 3.8) is 0 Å². The molecule has 1 saturated carbocycles. The van der Waals surface area contributed by atoms with Crippen molar-refractivity contribution in [2.75, 3.05) is 13.2 Å². The predicted octanol–water partition coefficient (Wildman–Crippen LogP) is 2.16. The van der Waals surface area contributed by atoms with Gasteiger partial charge < -0.3 is 10.5 Å². The zero-order valence-corrected chi connectivity index (χ0v) is 10.6. The molecule has 1 heterocycles. The lowest BCUT2D eigenvalue weighted by atomic mass is 10.0. The summed E-state index contributed by atoms with van der Waals surface area (Å²) in [6.07, 6.45) is 8.06. The quantitative estimate of drug-likeness (QED) is 0.849. The first-order valence-corrected chi connectivity index (χ1v) is 6.47. The Bertz CT molecular complexity index is 341. The third-order valence-corrected chi connectivity index (χ3v) is 3.73. The minimum atomic E-state index is -0.0492.